The molecule has 2 N–H and O–H groups in total. The predicted molar refractivity (Wildman–Crippen MR) is 88.5 cm³/mol. The largest absolute Gasteiger partial charge is 0.497 e. The predicted octanol–water partition coefficient (Wildman–Crippen LogP) is 2.51. The molecule has 0 unspecified atom stereocenters. The van der Waals surface area contributed by atoms with Gasteiger partial charge in [0.1, 0.15) is 16.4 Å². The fraction of sp³-hybridized carbons (Fsp3) is 0.188. The number of anilines is 1. The summed E-state index contributed by atoms with van der Waals surface area (Å²) in [6.07, 6.45) is 0. The average molecular weight is 351 g/mol. The van der Waals surface area contributed by atoms with E-state index in [1.165, 1.54) is 32.4 Å². The van der Waals surface area contributed by atoms with Crippen LogP contribution >= 0.6 is 0 Å². The van der Waals surface area contributed by atoms with Gasteiger partial charge in [0, 0.05) is 6.07 Å². The summed E-state index contributed by atoms with van der Waals surface area (Å²) in [5, 5.41) is 9.26. The minimum absolute atomic E-state index is 0.00914. The number of hydrogen-bond acceptors (Lipinski definition) is 5. The van der Waals surface area contributed by atoms with Crippen molar-refractivity contribution in [1.82, 2.24) is 0 Å². The van der Waals surface area contributed by atoms with Crippen LogP contribution in [-0.2, 0) is 10.0 Å². The zero-order valence-electron chi connectivity index (χ0n) is 13.4. The molecule has 0 heterocycles. The van der Waals surface area contributed by atoms with Crippen LogP contribution in [0.3, 0.4) is 0 Å². The Kier molecular flexibility index (Phi) is 4.99. The van der Waals surface area contributed by atoms with Gasteiger partial charge in [0.15, 0.2) is 0 Å². The van der Waals surface area contributed by atoms with Crippen molar-refractivity contribution in [2.45, 2.75) is 11.8 Å². The second-order valence-electron chi connectivity index (χ2n) is 4.92. The maximum atomic E-state index is 12.7. The van der Waals surface area contributed by atoms with Crippen molar-refractivity contribution in [3.8, 4) is 11.5 Å². The lowest BCUT2D eigenvalue weighted by Gasteiger charge is -2.15. The molecular formula is C16H17NO6S. The number of rotatable bonds is 6. The Morgan fingerprint density at radius 3 is 2.42 bits per heavy atom. The van der Waals surface area contributed by atoms with Crippen molar-refractivity contribution in [2.75, 3.05) is 18.9 Å². The van der Waals surface area contributed by atoms with Gasteiger partial charge in [0.05, 0.1) is 25.5 Å². The number of aryl methyl sites for hydroxylation is 1. The second-order valence-corrected chi connectivity index (χ2v) is 6.58. The molecule has 128 valence electrons. The molecule has 0 aliphatic heterocycles. The SMILES string of the molecule is COc1ccc(OC)c(S(=O)(=O)Nc2c(C)cccc2C(=O)O)c1. The number of sulfonamides is 1. The van der Waals surface area contributed by atoms with E-state index in [1.807, 2.05) is 0 Å². The smallest absolute Gasteiger partial charge is 0.337 e. The van der Waals surface area contributed by atoms with Gasteiger partial charge in [0.25, 0.3) is 10.0 Å². The minimum atomic E-state index is -4.09. The molecule has 0 aliphatic carbocycles. The van der Waals surface area contributed by atoms with E-state index < -0.39 is 16.0 Å². The van der Waals surface area contributed by atoms with Crippen molar-refractivity contribution < 1.29 is 27.8 Å². The highest BCUT2D eigenvalue weighted by Gasteiger charge is 2.24. The molecule has 0 saturated heterocycles. The topological polar surface area (TPSA) is 102 Å². The van der Waals surface area contributed by atoms with Gasteiger partial charge in [-0.3, -0.25) is 4.72 Å². The monoisotopic (exact) mass is 351 g/mol. The zero-order chi connectivity index (χ0) is 17.9. The van der Waals surface area contributed by atoms with Gasteiger partial charge >= 0.3 is 5.97 Å². The molecule has 8 heteroatoms. The molecule has 0 saturated carbocycles. The lowest BCUT2D eigenvalue weighted by atomic mass is 10.1. The van der Waals surface area contributed by atoms with Crippen LogP contribution in [-0.4, -0.2) is 33.7 Å². The molecule has 2 aromatic rings. The molecule has 0 bridgehead atoms. The molecule has 0 radical (unpaired) electrons. The maximum Gasteiger partial charge on any atom is 0.337 e. The lowest BCUT2D eigenvalue weighted by Crippen LogP contribution is -2.17. The number of hydrogen-bond donors (Lipinski definition) is 2. The van der Waals surface area contributed by atoms with Crippen molar-refractivity contribution >= 4 is 21.7 Å². The van der Waals surface area contributed by atoms with Gasteiger partial charge in [-0.1, -0.05) is 12.1 Å². The Hall–Kier alpha value is -2.74. The van der Waals surface area contributed by atoms with Crippen molar-refractivity contribution in [3.63, 3.8) is 0 Å². The third kappa shape index (κ3) is 3.43. The van der Waals surface area contributed by atoms with Gasteiger partial charge in [-0.25, -0.2) is 13.2 Å². The van der Waals surface area contributed by atoms with Gasteiger partial charge < -0.3 is 14.6 Å². The first kappa shape index (κ1) is 17.6. The molecule has 2 aromatic carbocycles. The number of carboxylic acids is 1. The van der Waals surface area contributed by atoms with Crippen LogP contribution in [0.15, 0.2) is 41.3 Å². The minimum Gasteiger partial charge on any atom is -0.497 e. The molecule has 2 rings (SSSR count). The summed E-state index contributed by atoms with van der Waals surface area (Å²) in [6, 6.07) is 8.82. The summed E-state index contributed by atoms with van der Waals surface area (Å²) in [5.74, 6) is -0.776. The Morgan fingerprint density at radius 1 is 1.12 bits per heavy atom. The molecule has 0 aliphatic rings. The quantitative estimate of drug-likeness (QED) is 0.829. The Morgan fingerprint density at radius 2 is 1.83 bits per heavy atom. The molecular weight excluding hydrogens is 334 g/mol. The summed E-state index contributed by atoms with van der Waals surface area (Å²) in [4.78, 5) is 11.2. The number of ether oxygens (including phenoxy) is 2. The fourth-order valence-corrected chi connectivity index (χ4v) is 3.50. The van der Waals surface area contributed by atoms with Gasteiger partial charge in [0.2, 0.25) is 0 Å². The van der Waals surface area contributed by atoms with E-state index in [-0.39, 0.29) is 21.9 Å². The highest BCUT2D eigenvalue weighted by molar-refractivity contribution is 7.92. The number of aromatic carboxylic acids is 1. The standard InChI is InChI=1S/C16H17NO6S/c1-10-5-4-6-12(16(18)19)15(10)17-24(20,21)14-9-11(22-2)7-8-13(14)23-3/h4-9,17H,1-3H3,(H,18,19). The first-order chi connectivity index (χ1) is 11.3. The van der Waals surface area contributed by atoms with Crippen LogP contribution in [0.4, 0.5) is 5.69 Å². The van der Waals surface area contributed by atoms with Crippen molar-refractivity contribution in [3.05, 3.63) is 47.5 Å². The van der Waals surface area contributed by atoms with Crippen LogP contribution in [0.25, 0.3) is 0 Å². The number of nitrogens with one attached hydrogen (secondary N) is 1. The normalized spacial score (nSPS) is 11.0. The summed E-state index contributed by atoms with van der Waals surface area (Å²) in [6.45, 7) is 1.62. The number of carboxylic acid groups (broad SMARTS) is 1. The third-order valence-corrected chi connectivity index (χ3v) is 4.77. The van der Waals surface area contributed by atoms with Crippen LogP contribution in [0, 0.1) is 6.92 Å². The van der Waals surface area contributed by atoms with E-state index >= 15 is 0 Å². The number of methoxy groups -OCH3 is 2. The molecule has 0 spiro atoms. The first-order valence-electron chi connectivity index (χ1n) is 6.88. The average Bonchev–Trinajstić information content (AvgIpc) is 2.55. The van der Waals surface area contributed by atoms with Gasteiger partial charge in [-0.15, -0.1) is 0 Å². The van der Waals surface area contributed by atoms with E-state index in [0.29, 0.717) is 11.3 Å². The van der Waals surface area contributed by atoms with E-state index in [9.17, 15) is 18.3 Å². The molecule has 0 aromatic heterocycles. The highest BCUT2D eigenvalue weighted by atomic mass is 32.2. The Labute approximate surface area is 139 Å². The lowest BCUT2D eigenvalue weighted by molar-refractivity contribution is 0.0698. The zero-order valence-corrected chi connectivity index (χ0v) is 14.2. The van der Waals surface area contributed by atoms with Gasteiger partial charge in [-0.05, 0) is 30.7 Å². The van der Waals surface area contributed by atoms with Crippen molar-refractivity contribution in [2.24, 2.45) is 0 Å². The van der Waals surface area contributed by atoms with Crippen LogP contribution in [0.2, 0.25) is 0 Å². The number of para-hydroxylation sites is 1. The molecule has 0 fully saturated rings. The Bertz CT molecular complexity index is 876. The molecule has 0 amide bonds. The Balaban J connectivity index is 2.56. The highest BCUT2D eigenvalue weighted by Crippen LogP contribution is 2.31. The molecule has 24 heavy (non-hydrogen) atoms. The van der Waals surface area contributed by atoms with Crippen LogP contribution in [0.1, 0.15) is 15.9 Å². The van der Waals surface area contributed by atoms with Crippen LogP contribution in [0.5, 0.6) is 11.5 Å². The number of carbonyl (C=O) groups is 1. The number of benzene rings is 2. The van der Waals surface area contributed by atoms with E-state index in [2.05, 4.69) is 4.72 Å². The summed E-state index contributed by atoms with van der Waals surface area (Å²) in [5.41, 5.74) is 0.357. The van der Waals surface area contributed by atoms with E-state index in [1.54, 1.807) is 25.1 Å². The molecule has 7 nitrogen and oxygen atoms in total. The summed E-state index contributed by atoms with van der Waals surface area (Å²) in [7, 11) is -1.33. The van der Waals surface area contributed by atoms with Gasteiger partial charge in [-0.2, -0.15) is 0 Å². The van der Waals surface area contributed by atoms with E-state index in [4.69, 9.17) is 9.47 Å². The van der Waals surface area contributed by atoms with Crippen LogP contribution < -0.4 is 14.2 Å². The summed E-state index contributed by atoms with van der Waals surface area (Å²) >= 11 is 0. The maximum absolute atomic E-state index is 12.7. The second kappa shape index (κ2) is 6.79. The van der Waals surface area contributed by atoms with E-state index in [0.717, 1.165) is 0 Å². The fourth-order valence-electron chi connectivity index (χ4n) is 2.16. The third-order valence-electron chi connectivity index (χ3n) is 3.40. The summed E-state index contributed by atoms with van der Waals surface area (Å²) < 4.78 is 37.9. The molecule has 0 atom stereocenters. The first-order valence-corrected chi connectivity index (χ1v) is 8.36. The van der Waals surface area contributed by atoms with Crippen molar-refractivity contribution in [1.29, 1.82) is 0 Å².